The summed E-state index contributed by atoms with van der Waals surface area (Å²) in [6.07, 6.45) is 4.95. The van der Waals surface area contributed by atoms with Crippen LogP contribution in [0, 0.1) is 13.8 Å². The van der Waals surface area contributed by atoms with E-state index in [1.807, 2.05) is 30.3 Å². The molecule has 0 aliphatic carbocycles. The van der Waals surface area contributed by atoms with Crippen molar-refractivity contribution < 1.29 is 9.90 Å². The summed E-state index contributed by atoms with van der Waals surface area (Å²) >= 11 is 0. The minimum absolute atomic E-state index is 0.0137. The van der Waals surface area contributed by atoms with E-state index >= 15 is 0 Å². The molecule has 1 heterocycles. The molecular weight excluding hydrogens is 310 g/mol. The largest absolute Gasteiger partial charge is 0.393 e. The van der Waals surface area contributed by atoms with E-state index in [0.717, 1.165) is 37.2 Å². The molecule has 0 atom stereocenters. The molecule has 0 amide bonds. The van der Waals surface area contributed by atoms with Crippen molar-refractivity contribution in [2.24, 2.45) is 0 Å². The van der Waals surface area contributed by atoms with Gasteiger partial charge in [0.1, 0.15) is 0 Å². The SMILES string of the molecule is Cc1cc(C)cc(/C=C/C(=O)c2ccc(N3CCC(O)CC3)cc2)c1. The van der Waals surface area contributed by atoms with Gasteiger partial charge >= 0.3 is 0 Å². The fourth-order valence-electron chi connectivity index (χ4n) is 3.33. The van der Waals surface area contributed by atoms with Crippen LogP contribution in [-0.2, 0) is 0 Å². The Bertz CT molecular complexity index is 749. The van der Waals surface area contributed by atoms with Crippen molar-refractivity contribution in [3.8, 4) is 0 Å². The zero-order valence-electron chi connectivity index (χ0n) is 14.9. The molecule has 2 aromatic carbocycles. The number of hydrogen-bond acceptors (Lipinski definition) is 3. The second-order valence-electron chi connectivity index (χ2n) is 6.88. The average Bonchev–Trinajstić information content (AvgIpc) is 2.60. The molecule has 0 saturated carbocycles. The summed E-state index contributed by atoms with van der Waals surface area (Å²) in [7, 11) is 0. The lowest BCUT2D eigenvalue weighted by Gasteiger charge is -2.31. The summed E-state index contributed by atoms with van der Waals surface area (Å²) in [6, 6.07) is 14.0. The molecule has 1 fully saturated rings. The van der Waals surface area contributed by atoms with Gasteiger partial charge < -0.3 is 10.0 Å². The van der Waals surface area contributed by atoms with Crippen molar-refractivity contribution >= 4 is 17.5 Å². The van der Waals surface area contributed by atoms with Crippen LogP contribution >= 0.6 is 0 Å². The van der Waals surface area contributed by atoms with Crippen molar-refractivity contribution in [3.63, 3.8) is 0 Å². The van der Waals surface area contributed by atoms with Gasteiger partial charge in [-0.15, -0.1) is 0 Å². The molecule has 0 bridgehead atoms. The van der Waals surface area contributed by atoms with E-state index in [-0.39, 0.29) is 11.9 Å². The third kappa shape index (κ3) is 4.58. The minimum Gasteiger partial charge on any atom is -0.393 e. The third-order valence-electron chi connectivity index (χ3n) is 4.65. The first-order chi connectivity index (χ1) is 12.0. The maximum absolute atomic E-state index is 12.4. The smallest absolute Gasteiger partial charge is 0.185 e. The zero-order chi connectivity index (χ0) is 17.8. The molecule has 1 saturated heterocycles. The van der Waals surface area contributed by atoms with Crippen LogP contribution in [0.25, 0.3) is 6.08 Å². The monoisotopic (exact) mass is 335 g/mol. The molecule has 0 radical (unpaired) electrons. The van der Waals surface area contributed by atoms with Crippen molar-refractivity contribution in [2.45, 2.75) is 32.8 Å². The van der Waals surface area contributed by atoms with E-state index in [2.05, 4.69) is 36.9 Å². The second kappa shape index (κ2) is 7.66. The molecule has 1 N–H and O–H groups in total. The van der Waals surface area contributed by atoms with E-state index in [0.29, 0.717) is 5.56 Å². The van der Waals surface area contributed by atoms with Crippen LogP contribution in [-0.4, -0.2) is 30.1 Å². The second-order valence-corrected chi connectivity index (χ2v) is 6.88. The lowest BCUT2D eigenvalue weighted by molar-refractivity contribution is 0.104. The Kier molecular flexibility index (Phi) is 5.34. The number of anilines is 1. The number of nitrogens with zero attached hydrogens (tertiary/aromatic N) is 1. The Labute approximate surface area is 149 Å². The highest BCUT2D eigenvalue weighted by Crippen LogP contribution is 2.21. The molecule has 3 heteroatoms. The van der Waals surface area contributed by atoms with Gasteiger partial charge in [-0.05, 0) is 62.6 Å². The summed E-state index contributed by atoms with van der Waals surface area (Å²) in [6.45, 7) is 5.84. The number of allylic oxidation sites excluding steroid dienone is 1. The van der Waals surface area contributed by atoms with Crippen LogP contribution in [0.15, 0.2) is 48.5 Å². The standard InChI is InChI=1S/C22H25NO2/c1-16-13-17(2)15-18(14-16)3-8-22(25)19-4-6-20(7-5-19)23-11-9-21(24)10-12-23/h3-8,13-15,21,24H,9-12H2,1-2H3/b8-3+. The van der Waals surface area contributed by atoms with Crippen molar-refractivity contribution in [1.29, 1.82) is 0 Å². The normalized spacial score (nSPS) is 15.7. The number of rotatable bonds is 4. The van der Waals surface area contributed by atoms with Crippen molar-refractivity contribution in [3.05, 3.63) is 70.8 Å². The Morgan fingerprint density at radius 3 is 2.24 bits per heavy atom. The molecule has 0 spiro atoms. The number of aliphatic hydroxyl groups is 1. The Morgan fingerprint density at radius 1 is 1.04 bits per heavy atom. The number of ketones is 1. The maximum atomic E-state index is 12.4. The predicted molar refractivity (Wildman–Crippen MR) is 103 cm³/mol. The fraction of sp³-hybridized carbons (Fsp3) is 0.318. The fourth-order valence-corrected chi connectivity index (χ4v) is 3.33. The summed E-state index contributed by atoms with van der Waals surface area (Å²) in [4.78, 5) is 14.6. The molecule has 3 nitrogen and oxygen atoms in total. The van der Waals surface area contributed by atoms with Crippen LogP contribution < -0.4 is 4.90 Å². The molecule has 1 aliphatic heterocycles. The highest BCUT2D eigenvalue weighted by molar-refractivity contribution is 6.07. The van der Waals surface area contributed by atoms with E-state index in [1.165, 1.54) is 11.1 Å². The van der Waals surface area contributed by atoms with Gasteiger partial charge in [0.15, 0.2) is 5.78 Å². The van der Waals surface area contributed by atoms with Crippen LogP contribution in [0.2, 0.25) is 0 Å². The Morgan fingerprint density at radius 2 is 1.64 bits per heavy atom. The highest BCUT2D eigenvalue weighted by atomic mass is 16.3. The first-order valence-corrected chi connectivity index (χ1v) is 8.85. The molecule has 25 heavy (non-hydrogen) atoms. The van der Waals surface area contributed by atoms with Gasteiger partial charge in [-0.2, -0.15) is 0 Å². The van der Waals surface area contributed by atoms with Gasteiger partial charge in [0, 0.05) is 24.3 Å². The number of aliphatic hydroxyl groups excluding tert-OH is 1. The van der Waals surface area contributed by atoms with Gasteiger partial charge in [0.05, 0.1) is 6.10 Å². The lowest BCUT2D eigenvalue weighted by atomic mass is 10.0. The van der Waals surface area contributed by atoms with Crippen LogP contribution in [0.1, 0.15) is 39.9 Å². The number of benzene rings is 2. The molecular formula is C22H25NO2. The topological polar surface area (TPSA) is 40.5 Å². The first kappa shape index (κ1) is 17.4. The lowest BCUT2D eigenvalue weighted by Crippen LogP contribution is -2.35. The number of carbonyl (C=O) groups is 1. The first-order valence-electron chi connectivity index (χ1n) is 8.85. The Hall–Kier alpha value is -2.39. The van der Waals surface area contributed by atoms with Crippen LogP contribution in [0.4, 0.5) is 5.69 Å². The summed E-state index contributed by atoms with van der Waals surface area (Å²) in [5, 5.41) is 9.60. The molecule has 1 aliphatic rings. The third-order valence-corrected chi connectivity index (χ3v) is 4.65. The molecule has 2 aromatic rings. The maximum Gasteiger partial charge on any atom is 0.185 e. The highest BCUT2D eigenvalue weighted by Gasteiger charge is 2.17. The van der Waals surface area contributed by atoms with E-state index < -0.39 is 0 Å². The van der Waals surface area contributed by atoms with Gasteiger partial charge in [0.25, 0.3) is 0 Å². The van der Waals surface area contributed by atoms with Crippen molar-refractivity contribution in [1.82, 2.24) is 0 Å². The van der Waals surface area contributed by atoms with Crippen LogP contribution in [0.3, 0.4) is 0 Å². The van der Waals surface area contributed by atoms with E-state index in [1.54, 1.807) is 6.08 Å². The minimum atomic E-state index is -0.174. The molecule has 130 valence electrons. The number of carbonyl (C=O) groups excluding carboxylic acids is 1. The van der Waals surface area contributed by atoms with E-state index in [9.17, 15) is 9.90 Å². The van der Waals surface area contributed by atoms with Crippen molar-refractivity contribution in [2.75, 3.05) is 18.0 Å². The molecule has 0 unspecified atom stereocenters. The summed E-state index contributed by atoms with van der Waals surface area (Å²) in [5.41, 5.74) is 5.25. The van der Waals surface area contributed by atoms with Gasteiger partial charge in [0.2, 0.25) is 0 Å². The molecule has 3 rings (SSSR count). The van der Waals surface area contributed by atoms with Crippen LogP contribution in [0.5, 0.6) is 0 Å². The molecule has 0 aromatic heterocycles. The predicted octanol–water partition coefficient (Wildman–Crippen LogP) is 4.16. The number of piperidine rings is 1. The average molecular weight is 335 g/mol. The number of hydrogen-bond donors (Lipinski definition) is 1. The zero-order valence-corrected chi connectivity index (χ0v) is 14.9. The van der Waals surface area contributed by atoms with Gasteiger partial charge in [-0.25, -0.2) is 0 Å². The van der Waals surface area contributed by atoms with Gasteiger partial charge in [-0.1, -0.05) is 35.4 Å². The Balaban J connectivity index is 1.67. The van der Waals surface area contributed by atoms with Gasteiger partial charge in [-0.3, -0.25) is 4.79 Å². The summed E-state index contributed by atoms with van der Waals surface area (Å²) in [5.74, 6) is 0.0137. The summed E-state index contributed by atoms with van der Waals surface area (Å²) < 4.78 is 0. The van der Waals surface area contributed by atoms with E-state index in [4.69, 9.17) is 0 Å². The number of aryl methyl sites for hydroxylation is 2. The quantitative estimate of drug-likeness (QED) is 0.674.